The van der Waals surface area contributed by atoms with Crippen LogP contribution in [0.4, 0.5) is 0 Å². The Morgan fingerprint density at radius 2 is 2.41 bits per heavy atom. The van der Waals surface area contributed by atoms with Gasteiger partial charge in [0.05, 0.1) is 6.04 Å². The molecule has 0 saturated carbocycles. The summed E-state index contributed by atoms with van der Waals surface area (Å²) >= 11 is 0. The van der Waals surface area contributed by atoms with Gasteiger partial charge in [0.15, 0.2) is 5.82 Å². The lowest BCUT2D eigenvalue weighted by Gasteiger charge is -2.31. The summed E-state index contributed by atoms with van der Waals surface area (Å²) in [4.78, 5) is 18.0. The molecule has 1 aromatic rings. The van der Waals surface area contributed by atoms with E-state index in [0.29, 0.717) is 18.3 Å². The van der Waals surface area contributed by atoms with Gasteiger partial charge in [-0.05, 0) is 26.3 Å². The van der Waals surface area contributed by atoms with E-state index < -0.39 is 0 Å². The molecule has 1 aliphatic heterocycles. The number of aromatic nitrogens is 2. The Hall–Kier alpha value is -1.43. The zero-order valence-corrected chi connectivity index (χ0v) is 10.3. The zero-order valence-electron chi connectivity index (χ0n) is 10.3. The number of carbonyl (C=O) groups is 1. The number of likely N-dealkylation sites (N-methyl/N-ethyl adjacent to an activating group) is 1. The molecule has 0 spiro atoms. The molecule has 2 heterocycles. The molecule has 0 radical (unpaired) electrons. The maximum Gasteiger partial charge on any atom is 0.246 e. The standard InChI is InChI=1S/C11H18N4O2/c1-3-12-9-5-4-6-15(11(9)16)7-10-13-8(2)14-17-10/h9,12H,3-7H2,1-2H3. The Bertz CT molecular complexity index is 389. The van der Waals surface area contributed by atoms with Crippen molar-refractivity contribution in [1.29, 1.82) is 0 Å². The molecule has 17 heavy (non-hydrogen) atoms. The number of rotatable bonds is 4. The maximum absolute atomic E-state index is 12.1. The maximum atomic E-state index is 12.1. The summed E-state index contributed by atoms with van der Waals surface area (Å²) in [5, 5.41) is 6.92. The van der Waals surface area contributed by atoms with E-state index in [4.69, 9.17) is 4.52 Å². The molecular formula is C11H18N4O2. The molecular weight excluding hydrogens is 220 g/mol. The molecule has 0 bridgehead atoms. The highest BCUT2D eigenvalue weighted by atomic mass is 16.5. The van der Waals surface area contributed by atoms with Gasteiger partial charge < -0.3 is 14.7 Å². The summed E-state index contributed by atoms with van der Waals surface area (Å²) in [5.41, 5.74) is 0. The first-order valence-electron chi connectivity index (χ1n) is 6.02. The van der Waals surface area contributed by atoms with E-state index in [1.807, 2.05) is 6.92 Å². The summed E-state index contributed by atoms with van der Waals surface area (Å²) in [6.07, 6.45) is 1.92. The normalized spacial score (nSPS) is 20.9. The predicted molar refractivity (Wildman–Crippen MR) is 61.2 cm³/mol. The molecule has 1 atom stereocenters. The van der Waals surface area contributed by atoms with Crippen LogP contribution in [0.2, 0.25) is 0 Å². The van der Waals surface area contributed by atoms with Crippen LogP contribution in [-0.4, -0.2) is 40.1 Å². The SMILES string of the molecule is CCNC1CCCN(Cc2nc(C)no2)C1=O. The van der Waals surface area contributed by atoms with Crippen LogP contribution in [0, 0.1) is 6.92 Å². The van der Waals surface area contributed by atoms with Crippen molar-refractivity contribution in [2.75, 3.05) is 13.1 Å². The molecule has 94 valence electrons. The number of piperidine rings is 1. The highest BCUT2D eigenvalue weighted by molar-refractivity contribution is 5.82. The summed E-state index contributed by atoms with van der Waals surface area (Å²) in [5.74, 6) is 1.25. The second-order valence-corrected chi connectivity index (χ2v) is 4.25. The van der Waals surface area contributed by atoms with Crippen molar-refractivity contribution in [1.82, 2.24) is 20.4 Å². The van der Waals surface area contributed by atoms with Gasteiger partial charge in [0.25, 0.3) is 0 Å². The molecule has 6 nitrogen and oxygen atoms in total. The third-order valence-electron chi connectivity index (χ3n) is 2.88. The summed E-state index contributed by atoms with van der Waals surface area (Å²) in [6, 6.07) is -0.0576. The van der Waals surface area contributed by atoms with Gasteiger partial charge in [-0.2, -0.15) is 4.98 Å². The molecule has 1 N–H and O–H groups in total. The van der Waals surface area contributed by atoms with Crippen molar-refractivity contribution in [2.24, 2.45) is 0 Å². The van der Waals surface area contributed by atoms with Gasteiger partial charge in [-0.15, -0.1) is 0 Å². The van der Waals surface area contributed by atoms with Crippen LogP contribution in [0.15, 0.2) is 4.52 Å². The number of aryl methyl sites for hydroxylation is 1. The zero-order chi connectivity index (χ0) is 12.3. The van der Waals surface area contributed by atoms with Gasteiger partial charge in [0, 0.05) is 6.54 Å². The minimum atomic E-state index is -0.0576. The van der Waals surface area contributed by atoms with E-state index in [-0.39, 0.29) is 11.9 Å². The highest BCUT2D eigenvalue weighted by Crippen LogP contribution is 2.14. The fourth-order valence-corrected chi connectivity index (χ4v) is 2.10. The smallest absolute Gasteiger partial charge is 0.246 e. The minimum Gasteiger partial charge on any atom is -0.337 e. The number of likely N-dealkylation sites (tertiary alicyclic amines) is 1. The van der Waals surface area contributed by atoms with Crippen LogP contribution in [0.25, 0.3) is 0 Å². The summed E-state index contributed by atoms with van der Waals surface area (Å²) < 4.78 is 5.04. The molecule has 1 amide bonds. The van der Waals surface area contributed by atoms with Crippen molar-refractivity contribution in [3.8, 4) is 0 Å². The van der Waals surface area contributed by atoms with E-state index in [1.165, 1.54) is 0 Å². The third kappa shape index (κ3) is 2.82. The number of hydrogen-bond acceptors (Lipinski definition) is 5. The van der Waals surface area contributed by atoms with Crippen LogP contribution >= 0.6 is 0 Å². The second-order valence-electron chi connectivity index (χ2n) is 4.25. The first-order valence-corrected chi connectivity index (χ1v) is 6.02. The Balaban J connectivity index is 1.98. The lowest BCUT2D eigenvalue weighted by molar-refractivity contribution is -0.137. The Kier molecular flexibility index (Phi) is 3.73. The molecule has 1 unspecified atom stereocenters. The Labute approximate surface area is 100 Å². The van der Waals surface area contributed by atoms with E-state index in [0.717, 1.165) is 25.9 Å². The topological polar surface area (TPSA) is 71.3 Å². The highest BCUT2D eigenvalue weighted by Gasteiger charge is 2.28. The van der Waals surface area contributed by atoms with Gasteiger partial charge >= 0.3 is 0 Å². The number of nitrogens with one attached hydrogen (secondary N) is 1. The molecule has 0 aliphatic carbocycles. The summed E-state index contributed by atoms with van der Waals surface area (Å²) in [7, 11) is 0. The molecule has 1 aliphatic rings. The van der Waals surface area contributed by atoms with Crippen molar-refractivity contribution in [3.63, 3.8) is 0 Å². The Morgan fingerprint density at radius 3 is 3.06 bits per heavy atom. The van der Waals surface area contributed by atoms with Crippen LogP contribution in [0.5, 0.6) is 0 Å². The van der Waals surface area contributed by atoms with Crippen LogP contribution in [-0.2, 0) is 11.3 Å². The first-order chi connectivity index (χ1) is 8.20. The molecule has 1 aromatic heterocycles. The molecule has 0 aromatic carbocycles. The van der Waals surface area contributed by atoms with E-state index in [1.54, 1.807) is 11.8 Å². The van der Waals surface area contributed by atoms with Crippen LogP contribution < -0.4 is 5.32 Å². The number of carbonyl (C=O) groups excluding carboxylic acids is 1. The molecule has 2 rings (SSSR count). The largest absolute Gasteiger partial charge is 0.337 e. The predicted octanol–water partition coefficient (Wildman–Crippen LogP) is 0.479. The monoisotopic (exact) mass is 238 g/mol. The van der Waals surface area contributed by atoms with Crippen LogP contribution in [0.3, 0.4) is 0 Å². The number of nitrogens with zero attached hydrogens (tertiary/aromatic N) is 3. The number of hydrogen-bond donors (Lipinski definition) is 1. The van der Waals surface area contributed by atoms with Gasteiger partial charge in [0.2, 0.25) is 11.8 Å². The molecule has 1 saturated heterocycles. The minimum absolute atomic E-state index is 0.0576. The molecule has 6 heteroatoms. The average molecular weight is 238 g/mol. The quantitative estimate of drug-likeness (QED) is 0.826. The van der Waals surface area contributed by atoms with E-state index >= 15 is 0 Å². The van der Waals surface area contributed by atoms with E-state index in [9.17, 15) is 4.79 Å². The second kappa shape index (κ2) is 5.27. The van der Waals surface area contributed by atoms with Gasteiger partial charge in [-0.1, -0.05) is 12.1 Å². The molecule has 1 fully saturated rings. The van der Waals surface area contributed by atoms with Gasteiger partial charge in [-0.3, -0.25) is 4.79 Å². The summed E-state index contributed by atoms with van der Waals surface area (Å²) in [6.45, 7) is 5.77. The fourth-order valence-electron chi connectivity index (χ4n) is 2.10. The average Bonchev–Trinajstić information content (AvgIpc) is 2.70. The Morgan fingerprint density at radius 1 is 1.59 bits per heavy atom. The van der Waals surface area contributed by atoms with Crippen LogP contribution in [0.1, 0.15) is 31.5 Å². The van der Waals surface area contributed by atoms with Gasteiger partial charge in [-0.25, -0.2) is 0 Å². The van der Waals surface area contributed by atoms with E-state index in [2.05, 4.69) is 15.5 Å². The van der Waals surface area contributed by atoms with Crippen molar-refractivity contribution < 1.29 is 9.32 Å². The van der Waals surface area contributed by atoms with Gasteiger partial charge in [0.1, 0.15) is 6.54 Å². The van der Waals surface area contributed by atoms with Crippen molar-refractivity contribution >= 4 is 5.91 Å². The lowest BCUT2D eigenvalue weighted by atomic mass is 10.0. The first kappa shape index (κ1) is 12.0. The van der Waals surface area contributed by atoms with Crippen molar-refractivity contribution in [3.05, 3.63) is 11.7 Å². The third-order valence-corrected chi connectivity index (χ3v) is 2.88. The fraction of sp³-hybridized carbons (Fsp3) is 0.727. The lowest BCUT2D eigenvalue weighted by Crippen LogP contribution is -2.50. The number of amides is 1. The van der Waals surface area contributed by atoms with Crippen molar-refractivity contribution in [2.45, 2.75) is 39.3 Å².